The molecule has 1 aliphatic heterocycles. The van der Waals surface area contributed by atoms with Gasteiger partial charge in [0, 0.05) is 11.1 Å². The lowest BCUT2D eigenvalue weighted by molar-refractivity contribution is -0.0693. The molecule has 0 bridgehead atoms. The highest BCUT2D eigenvalue weighted by Crippen LogP contribution is 2.37. The van der Waals surface area contributed by atoms with E-state index < -0.39 is 5.60 Å². The third-order valence-electron chi connectivity index (χ3n) is 4.21. The highest BCUT2D eigenvalue weighted by molar-refractivity contribution is 7.71. The average Bonchev–Trinajstić information content (AvgIpc) is 2.99. The van der Waals surface area contributed by atoms with Crippen LogP contribution in [0.1, 0.15) is 44.5 Å². The van der Waals surface area contributed by atoms with Crippen LogP contribution in [0.25, 0.3) is 11.5 Å². The van der Waals surface area contributed by atoms with Crippen LogP contribution in [0.15, 0.2) is 28.7 Å². The van der Waals surface area contributed by atoms with Gasteiger partial charge in [-0.3, -0.25) is 4.79 Å². The van der Waals surface area contributed by atoms with E-state index in [1.807, 2.05) is 27.7 Å². The predicted molar refractivity (Wildman–Crippen MR) is 92.2 cm³/mol. The first-order valence-corrected chi connectivity index (χ1v) is 8.24. The van der Waals surface area contributed by atoms with E-state index in [9.17, 15) is 4.79 Å². The number of aromatic amines is 1. The fourth-order valence-electron chi connectivity index (χ4n) is 3.15. The van der Waals surface area contributed by atoms with E-state index in [-0.39, 0.29) is 22.4 Å². The second-order valence-electron chi connectivity index (χ2n) is 7.19. The van der Waals surface area contributed by atoms with Crippen LogP contribution in [-0.4, -0.2) is 33.3 Å². The number of ether oxygens (including phenoxy) is 1. The van der Waals surface area contributed by atoms with Crippen molar-refractivity contribution in [3.05, 3.63) is 34.7 Å². The molecule has 3 rings (SSSR count). The molecule has 1 saturated heterocycles. The summed E-state index contributed by atoms with van der Waals surface area (Å²) >= 11 is 4.86. The van der Waals surface area contributed by atoms with Gasteiger partial charge in [-0.25, -0.2) is 5.10 Å². The molecule has 1 aromatic carbocycles. The topological polar surface area (TPSA) is 80.2 Å². The Morgan fingerprint density at radius 3 is 2.46 bits per heavy atom. The lowest BCUT2D eigenvalue weighted by atomic mass is 9.94. The van der Waals surface area contributed by atoms with E-state index >= 15 is 0 Å². The number of H-pyrrole nitrogens is 1. The minimum absolute atomic E-state index is 0.0382. The van der Waals surface area contributed by atoms with Crippen molar-refractivity contribution in [1.82, 2.24) is 15.5 Å². The molecule has 1 aliphatic rings. The fraction of sp³-hybridized carbons (Fsp3) is 0.471. The fourth-order valence-corrected chi connectivity index (χ4v) is 3.27. The van der Waals surface area contributed by atoms with Crippen molar-refractivity contribution in [2.45, 2.75) is 51.4 Å². The van der Waals surface area contributed by atoms with Gasteiger partial charge >= 0.3 is 0 Å². The quantitative estimate of drug-likeness (QED) is 0.831. The number of benzene rings is 1. The van der Waals surface area contributed by atoms with E-state index in [1.54, 1.807) is 24.3 Å². The van der Waals surface area contributed by atoms with Gasteiger partial charge in [0.15, 0.2) is 0 Å². The SMILES string of the molecule is CC1(C)CC(NC(=O)c2ccc(-c3n[nH]c(=S)o3)cc2)C(C)(C)O1. The summed E-state index contributed by atoms with van der Waals surface area (Å²) in [6.45, 7) is 8.08. The molecule has 7 heteroatoms. The van der Waals surface area contributed by atoms with Gasteiger partial charge in [-0.1, -0.05) is 0 Å². The maximum Gasteiger partial charge on any atom is 0.284 e. The summed E-state index contributed by atoms with van der Waals surface area (Å²) in [5.41, 5.74) is 0.694. The summed E-state index contributed by atoms with van der Waals surface area (Å²) < 4.78 is 11.3. The van der Waals surface area contributed by atoms with E-state index in [0.717, 1.165) is 12.0 Å². The van der Waals surface area contributed by atoms with Crippen molar-refractivity contribution in [1.29, 1.82) is 0 Å². The standard InChI is InChI=1S/C17H21N3O3S/c1-16(2)9-12(17(3,4)23-16)18-13(21)10-5-7-11(8-6-10)14-19-20-15(24)22-14/h5-8,12H,9H2,1-4H3,(H,18,21)(H,20,24). The molecule has 128 valence electrons. The van der Waals surface area contributed by atoms with E-state index in [4.69, 9.17) is 21.4 Å². The maximum atomic E-state index is 12.5. The lowest BCUT2D eigenvalue weighted by Crippen LogP contribution is -2.46. The number of carbonyl (C=O) groups is 1. The monoisotopic (exact) mass is 347 g/mol. The normalized spacial score (nSPS) is 21.6. The number of nitrogens with one attached hydrogen (secondary N) is 2. The summed E-state index contributed by atoms with van der Waals surface area (Å²) in [5, 5.41) is 9.62. The zero-order valence-corrected chi connectivity index (χ0v) is 15.0. The second kappa shape index (κ2) is 5.82. The zero-order valence-electron chi connectivity index (χ0n) is 14.2. The van der Waals surface area contributed by atoms with Gasteiger partial charge in [0.05, 0.1) is 17.2 Å². The molecule has 6 nitrogen and oxygen atoms in total. The zero-order chi connectivity index (χ0) is 17.5. The van der Waals surface area contributed by atoms with Gasteiger partial charge < -0.3 is 14.5 Å². The van der Waals surface area contributed by atoms with Crippen molar-refractivity contribution >= 4 is 18.1 Å². The van der Waals surface area contributed by atoms with Gasteiger partial charge in [0.1, 0.15) is 0 Å². The number of carbonyl (C=O) groups excluding carboxylic acids is 1. The van der Waals surface area contributed by atoms with Crippen LogP contribution >= 0.6 is 12.2 Å². The molecule has 2 N–H and O–H groups in total. The van der Waals surface area contributed by atoms with E-state index in [2.05, 4.69) is 15.5 Å². The van der Waals surface area contributed by atoms with Gasteiger partial charge in [-0.2, -0.15) is 0 Å². The first kappa shape index (κ1) is 16.9. The Morgan fingerprint density at radius 2 is 1.96 bits per heavy atom. The number of nitrogens with zero attached hydrogens (tertiary/aromatic N) is 1. The summed E-state index contributed by atoms with van der Waals surface area (Å²) in [5.74, 6) is 0.280. The summed E-state index contributed by atoms with van der Waals surface area (Å²) in [7, 11) is 0. The third kappa shape index (κ3) is 3.42. The minimum atomic E-state index is -0.396. The Labute approximate surface area is 145 Å². The molecule has 0 aliphatic carbocycles. The molecular weight excluding hydrogens is 326 g/mol. The molecule has 1 unspecified atom stereocenters. The molecule has 0 radical (unpaired) electrons. The maximum absolute atomic E-state index is 12.5. The lowest BCUT2D eigenvalue weighted by Gasteiger charge is -2.27. The van der Waals surface area contributed by atoms with Crippen LogP contribution in [-0.2, 0) is 4.74 Å². The van der Waals surface area contributed by atoms with Gasteiger partial charge in [-0.15, -0.1) is 5.10 Å². The first-order chi connectivity index (χ1) is 11.2. The van der Waals surface area contributed by atoms with Crippen molar-refractivity contribution < 1.29 is 13.9 Å². The Morgan fingerprint density at radius 1 is 1.29 bits per heavy atom. The molecule has 0 saturated carbocycles. The summed E-state index contributed by atoms with van der Waals surface area (Å²) in [4.78, 5) is 12.7. The molecule has 1 amide bonds. The molecular formula is C17H21N3O3S. The number of rotatable bonds is 3. The molecule has 24 heavy (non-hydrogen) atoms. The van der Waals surface area contributed by atoms with Gasteiger partial charge in [-0.05, 0) is 70.6 Å². The Kier molecular flexibility index (Phi) is 4.09. The molecule has 2 heterocycles. The smallest absolute Gasteiger partial charge is 0.284 e. The molecule has 0 spiro atoms. The van der Waals surface area contributed by atoms with Crippen molar-refractivity contribution in [2.75, 3.05) is 0 Å². The summed E-state index contributed by atoms with van der Waals surface area (Å²) in [6.07, 6.45) is 0.775. The van der Waals surface area contributed by atoms with Crippen molar-refractivity contribution in [3.8, 4) is 11.5 Å². The first-order valence-electron chi connectivity index (χ1n) is 7.83. The van der Waals surface area contributed by atoms with Crippen LogP contribution in [0.3, 0.4) is 0 Å². The third-order valence-corrected chi connectivity index (χ3v) is 4.39. The van der Waals surface area contributed by atoms with Crippen LogP contribution in [0.5, 0.6) is 0 Å². The number of amides is 1. The predicted octanol–water partition coefficient (Wildman–Crippen LogP) is 3.48. The van der Waals surface area contributed by atoms with Crippen molar-refractivity contribution in [2.24, 2.45) is 0 Å². The van der Waals surface area contributed by atoms with E-state index in [0.29, 0.717) is 11.5 Å². The highest BCUT2D eigenvalue weighted by Gasteiger charge is 2.46. The van der Waals surface area contributed by atoms with Crippen LogP contribution in [0.2, 0.25) is 0 Å². The average molecular weight is 347 g/mol. The molecule has 2 aromatic rings. The number of hydrogen-bond acceptors (Lipinski definition) is 5. The largest absolute Gasteiger partial charge is 0.409 e. The Bertz CT molecular complexity index is 805. The van der Waals surface area contributed by atoms with Gasteiger partial charge in [0.2, 0.25) is 5.89 Å². The second-order valence-corrected chi connectivity index (χ2v) is 7.56. The summed E-state index contributed by atoms with van der Waals surface area (Å²) in [6, 6.07) is 7.01. The van der Waals surface area contributed by atoms with Gasteiger partial charge in [0.25, 0.3) is 10.7 Å². The molecule has 1 atom stereocenters. The van der Waals surface area contributed by atoms with Crippen LogP contribution in [0, 0.1) is 4.84 Å². The Hall–Kier alpha value is -1.99. The minimum Gasteiger partial charge on any atom is -0.409 e. The highest BCUT2D eigenvalue weighted by atomic mass is 32.1. The number of hydrogen-bond donors (Lipinski definition) is 2. The van der Waals surface area contributed by atoms with E-state index in [1.165, 1.54) is 0 Å². The van der Waals surface area contributed by atoms with Crippen LogP contribution in [0.4, 0.5) is 0 Å². The molecule has 1 fully saturated rings. The van der Waals surface area contributed by atoms with Crippen molar-refractivity contribution in [3.63, 3.8) is 0 Å². The van der Waals surface area contributed by atoms with Crippen LogP contribution < -0.4 is 5.32 Å². The number of aromatic nitrogens is 2. The molecule has 1 aromatic heterocycles. The Balaban J connectivity index is 1.73.